The Morgan fingerprint density at radius 3 is 2.43 bits per heavy atom. The smallest absolute Gasteiger partial charge is 0.249 e. The van der Waals surface area contributed by atoms with Crippen LogP contribution in [0.3, 0.4) is 0 Å². The number of nitrogens with one attached hydrogen (secondary N) is 2. The van der Waals surface area contributed by atoms with Gasteiger partial charge in [-0.05, 0) is 32.4 Å². The lowest BCUT2D eigenvalue weighted by atomic mass is 10.0. The fraction of sp³-hybridized carbons (Fsp3) is 0.786. The molecule has 3 saturated heterocycles. The van der Waals surface area contributed by atoms with Gasteiger partial charge in [-0.25, -0.2) is 0 Å². The maximum Gasteiger partial charge on any atom is 0.249 e. The van der Waals surface area contributed by atoms with E-state index in [0.717, 1.165) is 32.5 Å². The van der Waals surface area contributed by atoms with E-state index < -0.39 is 6.04 Å². The Balaban J connectivity index is 1.59. The van der Waals surface area contributed by atoms with Gasteiger partial charge in [0, 0.05) is 25.6 Å². The van der Waals surface area contributed by atoms with E-state index in [-0.39, 0.29) is 17.7 Å². The van der Waals surface area contributed by atoms with E-state index in [1.165, 1.54) is 0 Å². The molecule has 2 N–H and O–H groups in total. The monoisotopic (exact) mass is 294 g/mol. The normalized spacial score (nSPS) is 29.6. The van der Waals surface area contributed by atoms with Crippen LogP contribution in [0.25, 0.3) is 0 Å². The SMILES string of the molecule is O=C1CCC(N2CCN(C3CCNCC3)CC2=O)C(=O)N1. The molecule has 3 amide bonds. The van der Waals surface area contributed by atoms with Gasteiger partial charge < -0.3 is 10.2 Å². The fourth-order valence-corrected chi connectivity index (χ4v) is 3.50. The largest absolute Gasteiger partial charge is 0.328 e. The molecule has 0 bridgehead atoms. The number of carbonyl (C=O) groups is 3. The average Bonchev–Trinajstić information content (AvgIpc) is 2.49. The average molecular weight is 294 g/mol. The molecule has 3 aliphatic heterocycles. The third kappa shape index (κ3) is 3.08. The minimum Gasteiger partial charge on any atom is -0.328 e. The number of piperidine rings is 2. The molecule has 3 rings (SSSR count). The second-order valence-electron chi connectivity index (χ2n) is 6.01. The zero-order valence-electron chi connectivity index (χ0n) is 12.1. The minimum absolute atomic E-state index is 0.00859. The topological polar surface area (TPSA) is 81.8 Å². The van der Waals surface area contributed by atoms with Crippen LogP contribution < -0.4 is 10.6 Å². The van der Waals surface area contributed by atoms with Crippen molar-refractivity contribution >= 4 is 17.7 Å². The van der Waals surface area contributed by atoms with Gasteiger partial charge in [-0.1, -0.05) is 0 Å². The summed E-state index contributed by atoms with van der Waals surface area (Å²) in [5.41, 5.74) is 0. The summed E-state index contributed by atoms with van der Waals surface area (Å²) >= 11 is 0. The molecule has 3 fully saturated rings. The van der Waals surface area contributed by atoms with Crippen molar-refractivity contribution in [3.63, 3.8) is 0 Å². The second kappa shape index (κ2) is 6.11. The van der Waals surface area contributed by atoms with Crippen molar-refractivity contribution in [3.8, 4) is 0 Å². The van der Waals surface area contributed by atoms with Gasteiger partial charge in [0.25, 0.3) is 0 Å². The molecule has 3 heterocycles. The van der Waals surface area contributed by atoms with Crippen LogP contribution >= 0.6 is 0 Å². The van der Waals surface area contributed by atoms with Crippen molar-refractivity contribution in [1.29, 1.82) is 0 Å². The summed E-state index contributed by atoms with van der Waals surface area (Å²) in [4.78, 5) is 39.3. The predicted octanol–water partition coefficient (Wildman–Crippen LogP) is -1.31. The van der Waals surface area contributed by atoms with Crippen LogP contribution in [0.4, 0.5) is 0 Å². The summed E-state index contributed by atoms with van der Waals surface area (Å²) in [6.07, 6.45) is 2.92. The minimum atomic E-state index is -0.467. The number of nitrogens with zero attached hydrogens (tertiary/aromatic N) is 2. The molecule has 116 valence electrons. The zero-order valence-corrected chi connectivity index (χ0v) is 12.1. The van der Waals surface area contributed by atoms with Gasteiger partial charge >= 0.3 is 0 Å². The molecule has 0 aromatic heterocycles. The lowest BCUT2D eigenvalue weighted by Crippen LogP contribution is -2.61. The maximum atomic E-state index is 12.4. The van der Waals surface area contributed by atoms with Crippen molar-refractivity contribution in [2.45, 2.75) is 37.8 Å². The third-order valence-electron chi connectivity index (χ3n) is 4.70. The van der Waals surface area contributed by atoms with Gasteiger partial charge in [-0.3, -0.25) is 24.6 Å². The number of piperazine rings is 1. The van der Waals surface area contributed by atoms with Crippen LogP contribution in [0.15, 0.2) is 0 Å². The van der Waals surface area contributed by atoms with Crippen molar-refractivity contribution in [1.82, 2.24) is 20.4 Å². The first-order chi connectivity index (χ1) is 10.1. The highest BCUT2D eigenvalue weighted by Crippen LogP contribution is 2.19. The van der Waals surface area contributed by atoms with Gasteiger partial charge in [0.2, 0.25) is 17.7 Å². The Labute approximate surface area is 124 Å². The molecule has 3 aliphatic rings. The summed E-state index contributed by atoms with van der Waals surface area (Å²) in [7, 11) is 0. The number of imide groups is 1. The van der Waals surface area contributed by atoms with Gasteiger partial charge in [-0.15, -0.1) is 0 Å². The highest BCUT2D eigenvalue weighted by Gasteiger charge is 2.38. The van der Waals surface area contributed by atoms with Crippen LogP contribution in [-0.2, 0) is 14.4 Å². The molecule has 7 heteroatoms. The van der Waals surface area contributed by atoms with Crippen LogP contribution in [0.2, 0.25) is 0 Å². The zero-order chi connectivity index (χ0) is 14.8. The van der Waals surface area contributed by atoms with Gasteiger partial charge in [0.05, 0.1) is 6.54 Å². The Morgan fingerprint density at radius 1 is 1.00 bits per heavy atom. The van der Waals surface area contributed by atoms with Crippen molar-refractivity contribution in [2.24, 2.45) is 0 Å². The van der Waals surface area contributed by atoms with E-state index in [1.807, 2.05) is 0 Å². The first-order valence-electron chi connectivity index (χ1n) is 7.73. The van der Waals surface area contributed by atoms with E-state index >= 15 is 0 Å². The molecule has 0 saturated carbocycles. The summed E-state index contributed by atoms with van der Waals surface area (Å²) in [6, 6.07) is 0.00415. The van der Waals surface area contributed by atoms with Gasteiger partial charge in [0.1, 0.15) is 6.04 Å². The van der Waals surface area contributed by atoms with Gasteiger partial charge in [-0.2, -0.15) is 0 Å². The third-order valence-corrected chi connectivity index (χ3v) is 4.70. The molecule has 0 aliphatic carbocycles. The summed E-state index contributed by atoms with van der Waals surface area (Å²) in [5.74, 6) is -0.554. The van der Waals surface area contributed by atoms with E-state index in [1.54, 1.807) is 4.90 Å². The molecule has 1 unspecified atom stereocenters. The molecule has 0 aromatic carbocycles. The Bertz CT molecular complexity index is 448. The second-order valence-corrected chi connectivity index (χ2v) is 6.01. The molecule has 21 heavy (non-hydrogen) atoms. The Morgan fingerprint density at radius 2 is 1.76 bits per heavy atom. The molecular weight excluding hydrogens is 272 g/mol. The molecular formula is C14H22N4O3. The summed E-state index contributed by atoms with van der Waals surface area (Å²) in [6.45, 7) is 3.80. The number of hydrogen-bond donors (Lipinski definition) is 2. The van der Waals surface area contributed by atoms with Crippen LogP contribution in [0.5, 0.6) is 0 Å². The molecule has 0 aromatic rings. The predicted molar refractivity (Wildman–Crippen MR) is 75.3 cm³/mol. The lowest BCUT2D eigenvalue weighted by molar-refractivity contribution is -0.149. The Hall–Kier alpha value is -1.47. The van der Waals surface area contributed by atoms with E-state index in [9.17, 15) is 14.4 Å². The summed E-state index contributed by atoms with van der Waals surface area (Å²) < 4.78 is 0. The van der Waals surface area contributed by atoms with Gasteiger partial charge in [0.15, 0.2) is 0 Å². The van der Waals surface area contributed by atoms with Crippen LogP contribution in [-0.4, -0.2) is 72.3 Å². The van der Waals surface area contributed by atoms with Crippen LogP contribution in [0, 0.1) is 0 Å². The summed E-state index contributed by atoms with van der Waals surface area (Å²) in [5, 5.41) is 5.66. The first kappa shape index (κ1) is 14.5. The quantitative estimate of drug-likeness (QED) is 0.618. The van der Waals surface area contributed by atoms with Crippen molar-refractivity contribution in [2.75, 3.05) is 32.7 Å². The molecule has 1 atom stereocenters. The lowest BCUT2D eigenvalue weighted by Gasteiger charge is -2.43. The molecule has 0 spiro atoms. The van der Waals surface area contributed by atoms with Crippen molar-refractivity contribution < 1.29 is 14.4 Å². The number of rotatable bonds is 2. The molecule has 7 nitrogen and oxygen atoms in total. The van der Waals surface area contributed by atoms with E-state index in [2.05, 4.69) is 15.5 Å². The fourth-order valence-electron chi connectivity index (χ4n) is 3.50. The highest BCUT2D eigenvalue weighted by molar-refractivity contribution is 6.01. The number of hydrogen-bond acceptors (Lipinski definition) is 5. The first-order valence-corrected chi connectivity index (χ1v) is 7.73. The molecule has 0 radical (unpaired) electrons. The van der Waals surface area contributed by atoms with E-state index in [0.29, 0.717) is 32.0 Å². The maximum absolute atomic E-state index is 12.4. The van der Waals surface area contributed by atoms with E-state index in [4.69, 9.17) is 0 Å². The number of amides is 3. The highest BCUT2D eigenvalue weighted by atomic mass is 16.2. The standard InChI is InChI=1S/C14H22N4O3/c19-12-2-1-11(14(21)16-12)18-8-7-17(9-13(18)20)10-3-5-15-6-4-10/h10-11,15H,1-9H2,(H,16,19,21). The van der Waals surface area contributed by atoms with Crippen LogP contribution in [0.1, 0.15) is 25.7 Å². The van der Waals surface area contributed by atoms with Crippen molar-refractivity contribution in [3.05, 3.63) is 0 Å². The Kier molecular flexibility index (Phi) is 4.21. The number of carbonyl (C=O) groups excluding carboxylic acids is 3.